The van der Waals surface area contributed by atoms with Crippen molar-refractivity contribution in [2.24, 2.45) is 0 Å². The standard InChI is InChI=1S/C36H46N2O5.C33H42N2O6/c1-39-20-5-18-38-19-21-42-34-13-8-28(24-33(34)38)26-43-35-25-37-17-14-32(35)29-9-11-31(12-10-29)41-23-22-40-27-36(15-16-36)30-6-3-2-4-7-30;1-37-17-3-15-35-16-20-40-32-12-7-25(21-31(32)35)24-41-33-23-34-14-13-30(33)26-8-10-28(11-9-26)38-18-4-19-39-29-6-2-5-27(36)22-29/h2-4,6-13,24,32,35,37H,5,14-23,25-27H2,1H3;2,5-12,21-22,30,33-34,36H,3-4,13-20,23-24H2,1H3/t32-,35+;30-,33+/m11/s1. The molecular weight excluding hydrogens is 1060 g/mol. The number of fused-ring (bicyclic) bond motifs is 2. The molecule has 0 aromatic heterocycles. The first-order valence-electron chi connectivity index (χ1n) is 30.6. The van der Waals surface area contributed by atoms with E-state index in [0.717, 1.165) is 151 Å². The van der Waals surface area contributed by atoms with Crippen molar-refractivity contribution in [3.8, 4) is 34.5 Å². The SMILES string of the molecule is COCCCN1CCOc2ccc(CO[C@H]3CNCC[C@@H]3c3ccc(OCCCOc4cccc(O)c4)cc3)cc21.COCCCN1CCOc2ccc(CO[C@H]3CNCC[C@@H]3c3ccc(OCCOCC4(c5ccccc5)CC4)cc3)cc21. The third-order valence-electron chi connectivity index (χ3n) is 16.7. The number of phenolic OH excluding ortho intramolecular Hbond substituents is 1. The Bertz CT molecular complexity index is 2890. The highest BCUT2D eigenvalue weighted by Crippen LogP contribution is 2.48. The molecule has 3 fully saturated rings. The summed E-state index contributed by atoms with van der Waals surface area (Å²) in [6.45, 7) is 14.5. The van der Waals surface area contributed by atoms with Crippen LogP contribution >= 0.6 is 0 Å². The number of hydrogen-bond acceptors (Lipinski definition) is 15. The number of nitrogens with one attached hydrogen (secondary N) is 2. The van der Waals surface area contributed by atoms with Crippen LogP contribution in [0.1, 0.15) is 84.6 Å². The van der Waals surface area contributed by atoms with Crippen LogP contribution in [0.4, 0.5) is 11.4 Å². The van der Waals surface area contributed by atoms with Crippen molar-refractivity contribution in [3.05, 3.63) is 167 Å². The summed E-state index contributed by atoms with van der Waals surface area (Å²) in [4.78, 5) is 4.79. The summed E-state index contributed by atoms with van der Waals surface area (Å²) in [5, 5.41) is 16.6. The maximum Gasteiger partial charge on any atom is 0.142 e. The Morgan fingerprint density at radius 1 is 0.536 bits per heavy atom. The Morgan fingerprint density at radius 2 is 1.07 bits per heavy atom. The summed E-state index contributed by atoms with van der Waals surface area (Å²) in [5.74, 6) is 5.17. The van der Waals surface area contributed by atoms with Gasteiger partial charge in [-0.15, -0.1) is 0 Å². The summed E-state index contributed by atoms with van der Waals surface area (Å²) < 4.78 is 59.1. The Kier molecular flexibility index (Phi) is 22.7. The third kappa shape index (κ3) is 17.3. The molecule has 450 valence electrons. The van der Waals surface area contributed by atoms with Crippen molar-refractivity contribution < 1.29 is 52.5 Å². The molecule has 0 bridgehead atoms. The van der Waals surface area contributed by atoms with Crippen molar-refractivity contribution >= 4 is 11.4 Å². The van der Waals surface area contributed by atoms with Crippen molar-refractivity contribution in [1.82, 2.24) is 10.6 Å². The van der Waals surface area contributed by atoms with Gasteiger partial charge in [0.15, 0.2) is 0 Å². The average Bonchev–Trinajstić information content (AvgIpc) is 3.60. The molecule has 2 saturated heterocycles. The van der Waals surface area contributed by atoms with E-state index in [4.69, 9.17) is 47.4 Å². The summed E-state index contributed by atoms with van der Waals surface area (Å²) in [6.07, 6.45) is 7.43. The Hall–Kier alpha value is -6.56. The summed E-state index contributed by atoms with van der Waals surface area (Å²) in [7, 11) is 3.50. The molecule has 15 heteroatoms. The largest absolute Gasteiger partial charge is 0.508 e. The van der Waals surface area contributed by atoms with Gasteiger partial charge in [-0.05, 0) is 140 Å². The second kappa shape index (κ2) is 31.5. The van der Waals surface area contributed by atoms with Crippen LogP contribution in [-0.4, -0.2) is 143 Å². The van der Waals surface area contributed by atoms with Crippen molar-refractivity contribution in [2.75, 3.05) is 136 Å². The number of ether oxygens (including phenoxy) is 10. The highest BCUT2D eigenvalue weighted by Gasteiger charge is 2.44. The van der Waals surface area contributed by atoms with E-state index in [2.05, 4.69) is 124 Å². The van der Waals surface area contributed by atoms with Gasteiger partial charge in [-0.2, -0.15) is 0 Å². The second-order valence-corrected chi connectivity index (χ2v) is 22.6. The van der Waals surface area contributed by atoms with Crippen LogP contribution in [0.25, 0.3) is 0 Å². The minimum Gasteiger partial charge on any atom is -0.508 e. The molecule has 84 heavy (non-hydrogen) atoms. The smallest absolute Gasteiger partial charge is 0.142 e. The Morgan fingerprint density at radius 3 is 1.60 bits per heavy atom. The molecule has 5 aliphatic rings. The van der Waals surface area contributed by atoms with Crippen LogP contribution in [0, 0.1) is 0 Å². The van der Waals surface area contributed by atoms with Gasteiger partial charge >= 0.3 is 0 Å². The fourth-order valence-corrected chi connectivity index (χ4v) is 11.8. The van der Waals surface area contributed by atoms with E-state index in [1.165, 1.54) is 35.1 Å². The van der Waals surface area contributed by atoms with Crippen LogP contribution in [0.5, 0.6) is 34.5 Å². The van der Waals surface area contributed by atoms with E-state index >= 15 is 0 Å². The van der Waals surface area contributed by atoms with E-state index in [1.54, 1.807) is 32.4 Å². The number of aromatic hydroxyl groups is 1. The fraction of sp³-hybridized carbons (Fsp3) is 0.478. The van der Waals surface area contributed by atoms with E-state index in [9.17, 15) is 5.11 Å². The number of hydrogen-bond donors (Lipinski definition) is 3. The average molecular weight is 1150 g/mol. The van der Waals surface area contributed by atoms with Gasteiger partial charge in [-0.25, -0.2) is 0 Å². The lowest BCUT2D eigenvalue weighted by molar-refractivity contribution is 0.0105. The van der Waals surface area contributed by atoms with Crippen LogP contribution < -0.4 is 44.1 Å². The van der Waals surface area contributed by atoms with Gasteiger partial charge in [0.2, 0.25) is 0 Å². The van der Waals surface area contributed by atoms with Crippen LogP contribution in [0.15, 0.2) is 140 Å². The molecule has 0 amide bonds. The molecule has 4 aliphatic heterocycles. The number of phenols is 1. The fourth-order valence-electron chi connectivity index (χ4n) is 11.8. The number of rotatable bonds is 29. The molecule has 0 spiro atoms. The van der Waals surface area contributed by atoms with E-state index in [1.807, 2.05) is 18.2 Å². The quantitative estimate of drug-likeness (QED) is 0.0383. The first kappa shape index (κ1) is 60.6. The first-order valence-corrected chi connectivity index (χ1v) is 30.6. The zero-order valence-electron chi connectivity index (χ0n) is 49.4. The predicted octanol–water partition coefficient (Wildman–Crippen LogP) is 10.8. The minimum absolute atomic E-state index is 0.0928. The molecule has 11 rings (SSSR count). The predicted molar refractivity (Wildman–Crippen MR) is 329 cm³/mol. The van der Waals surface area contributed by atoms with Gasteiger partial charge in [0, 0.05) is 83.4 Å². The van der Waals surface area contributed by atoms with Gasteiger partial charge in [0.1, 0.15) is 54.3 Å². The monoisotopic (exact) mass is 1150 g/mol. The number of benzene rings is 6. The van der Waals surface area contributed by atoms with Gasteiger partial charge < -0.3 is 72.9 Å². The lowest BCUT2D eigenvalue weighted by Crippen LogP contribution is -2.41. The van der Waals surface area contributed by atoms with Crippen molar-refractivity contribution in [2.45, 2.75) is 87.6 Å². The Balaban J connectivity index is 0.000000187. The maximum absolute atomic E-state index is 9.53. The maximum atomic E-state index is 9.53. The molecule has 6 aromatic carbocycles. The molecule has 1 saturated carbocycles. The summed E-state index contributed by atoms with van der Waals surface area (Å²) in [5.41, 5.74) is 8.83. The lowest BCUT2D eigenvalue weighted by atomic mass is 9.87. The summed E-state index contributed by atoms with van der Waals surface area (Å²) in [6, 6.07) is 47.4. The zero-order chi connectivity index (χ0) is 57.6. The number of methoxy groups -OCH3 is 2. The van der Waals surface area contributed by atoms with Crippen LogP contribution in [0.3, 0.4) is 0 Å². The number of anilines is 2. The van der Waals surface area contributed by atoms with Gasteiger partial charge in [0.05, 0.1) is 76.3 Å². The molecule has 15 nitrogen and oxygen atoms in total. The van der Waals surface area contributed by atoms with Crippen molar-refractivity contribution in [3.63, 3.8) is 0 Å². The third-order valence-corrected chi connectivity index (χ3v) is 16.7. The molecular formula is C69H88N4O11. The van der Waals surface area contributed by atoms with E-state index in [0.29, 0.717) is 63.8 Å². The van der Waals surface area contributed by atoms with Crippen LogP contribution in [0.2, 0.25) is 0 Å². The topological polar surface area (TPSA) is 143 Å². The molecule has 3 N–H and O–H groups in total. The second-order valence-electron chi connectivity index (χ2n) is 22.6. The highest BCUT2D eigenvalue weighted by atomic mass is 16.5. The molecule has 1 aliphatic carbocycles. The first-order chi connectivity index (χ1) is 41.4. The summed E-state index contributed by atoms with van der Waals surface area (Å²) >= 11 is 0. The van der Waals surface area contributed by atoms with Gasteiger partial charge in [0.25, 0.3) is 0 Å². The minimum atomic E-state index is 0.0928. The highest BCUT2D eigenvalue weighted by molar-refractivity contribution is 5.62. The normalized spacial score (nSPS) is 19.6. The molecule has 4 atom stereocenters. The number of nitrogens with zero attached hydrogens (tertiary/aromatic N) is 2. The van der Waals surface area contributed by atoms with Gasteiger partial charge in [-0.3, -0.25) is 0 Å². The van der Waals surface area contributed by atoms with Gasteiger partial charge in [-0.1, -0.05) is 72.8 Å². The molecule has 0 unspecified atom stereocenters. The molecule has 0 radical (unpaired) electrons. The molecule has 6 aromatic rings. The van der Waals surface area contributed by atoms with Crippen molar-refractivity contribution in [1.29, 1.82) is 0 Å². The zero-order valence-corrected chi connectivity index (χ0v) is 49.4. The number of piperidine rings is 2. The molecule has 4 heterocycles. The van der Waals surface area contributed by atoms with E-state index < -0.39 is 0 Å². The van der Waals surface area contributed by atoms with E-state index in [-0.39, 0.29) is 23.4 Å². The van der Waals surface area contributed by atoms with Crippen LogP contribution in [-0.2, 0) is 42.3 Å². The lowest BCUT2D eigenvalue weighted by Gasteiger charge is -2.33. The Labute approximate surface area is 497 Å².